The summed E-state index contributed by atoms with van der Waals surface area (Å²) < 4.78 is 10.8. The molecule has 0 spiro atoms. The zero-order valence-electron chi connectivity index (χ0n) is 13.6. The lowest BCUT2D eigenvalue weighted by atomic mass is 10.1. The zero-order chi connectivity index (χ0) is 16.1. The van der Waals surface area contributed by atoms with Gasteiger partial charge in [0.2, 0.25) is 0 Å². The maximum Gasteiger partial charge on any atom is 0.160 e. The highest BCUT2D eigenvalue weighted by atomic mass is 32.2. The van der Waals surface area contributed by atoms with Gasteiger partial charge in [-0.2, -0.15) is 0 Å². The second-order valence-electron chi connectivity index (χ2n) is 5.52. The highest BCUT2D eigenvalue weighted by Gasteiger charge is 2.23. The Morgan fingerprint density at radius 2 is 2.13 bits per heavy atom. The van der Waals surface area contributed by atoms with Crippen molar-refractivity contribution in [1.82, 2.24) is 4.90 Å². The first-order chi connectivity index (χ1) is 11.3. The lowest BCUT2D eigenvalue weighted by molar-refractivity contribution is 0.303. The summed E-state index contributed by atoms with van der Waals surface area (Å²) in [6, 6.07) is 12.4. The Labute approximate surface area is 141 Å². The lowest BCUT2D eigenvalue weighted by Crippen LogP contribution is -2.32. The standard InChI is InChI=1S/C18H22N2O2S/c1-14(15-6-8-16(21-2)9-7-15)20(13-17-5-3-11-22-17)18-19-10-4-12-23-18/h3,5-9,11,14H,4,10,12-13H2,1-2H3. The molecule has 122 valence electrons. The fourth-order valence-electron chi connectivity index (χ4n) is 2.63. The van der Waals surface area contributed by atoms with Crippen LogP contribution in [0.1, 0.15) is 30.7 Å². The van der Waals surface area contributed by atoms with Gasteiger partial charge >= 0.3 is 0 Å². The lowest BCUT2D eigenvalue weighted by Gasteiger charge is -2.32. The quantitative estimate of drug-likeness (QED) is 0.817. The van der Waals surface area contributed by atoms with Crippen LogP contribution in [0.4, 0.5) is 0 Å². The molecule has 1 unspecified atom stereocenters. The summed E-state index contributed by atoms with van der Waals surface area (Å²) in [5.41, 5.74) is 1.24. The number of hydrogen-bond donors (Lipinski definition) is 0. The molecular weight excluding hydrogens is 308 g/mol. The van der Waals surface area contributed by atoms with E-state index in [1.807, 2.05) is 36.0 Å². The van der Waals surface area contributed by atoms with E-state index in [1.165, 1.54) is 5.56 Å². The minimum absolute atomic E-state index is 0.218. The van der Waals surface area contributed by atoms with E-state index in [0.717, 1.165) is 41.9 Å². The van der Waals surface area contributed by atoms with E-state index < -0.39 is 0 Å². The second-order valence-corrected chi connectivity index (χ2v) is 6.58. The van der Waals surface area contributed by atoms with E-state index in [4.69, 9.17) is 14.1 Å². The maximum absolute atomic E-state index is 5.55. The van der Waals surface area contributed by atoms with Crippen LogP contribution in [0.25, 0.3) is 0 Å². The van der Waals surface area contributed by atoms with Crippen molar-refractivity contribution in [2.24, 2.45) is 4.99 Å². The van der Waals surface area contributed by atoms with Gasteiger partial charge in [0.05, 0.1) is 26.0 Å². The molecule has 1 atom stereocenters. The molecule has 1 aromatic heterocycles. The second kappa shape index (κ2) is 7.59. The summed E-state index contributed by atoms with van der Waals surface area (Å²) in [7, 11) is 1.69. The predicted octanol–water partition coefficient (Wildman–Crippen LogP) is 4.34. The highest BCUT2D eigenvalue weighted by Crippen LogP contribution is 2.29. The molecule has 3 rings (SSSR count). The summed E-state index contributed by atoms with van der Waals surface area (Å²) in [4.78, 5) is 7.05. The fourth-order valence-corrected chi connectivity index (χ4v) is 3.65. The first-order valence-electron chi connectivity index (χ1n) is 7.88. The van der Waals surface area contributed by atoms with E-state index >= 15 is 0 Å². The largest absolute Gasteiger partial charge is 0.497 e. The number of hydrogen-bond acceptors (Lipinski definition) is 5. The minimum Gasteiger partial charge on any atom is -0.497 e. The molecule has 0 amide bonds. The molecule has 1 aliphatic rings. The number of furan rings is 1. The van der Waals surface area contributed by atoms with Crippen LogP contribution in [0.15, 0.2) is 52.1 Å². The average molecular weight is 330 g/mol. The Bertz CT molecular complexity index is 638. The van der Waals surface area contributed by atoms with E-state index in [1.54, 1.807) is 13.4 Å². The van der Waals surface area contributed by atoms with Crippen LogP contribution in [0.2, 0.25) is 0 Å². The van der Waals surface area contributed by atoms with Crippen molar-refractivity contribution in [3.05, 3.63) is 54.0 Å². The molecule has 0 radical (unpaired) electrons. The van der Waals surface area contributed by atoms with Gasteiger partial charge in [-0.15, -0.1) is 0 Å². The Morgan fingerprint density at radius 3 is 2.74 bits per heavy atom. The summed E-state index contributed by atoms with van der Waals surface area (Å²) >= 11 is 1.83. The summed E-state index contributed by atoms with van der Waals surface area (Å²) in [5.74, 6) is 2.96. The molecule has 2 aromatic rings. The molecule has 0 fully saturated rings. The molecule has 0 saturated heterocycles. The van der Waals surface area contributed by atoms with Crippen molar-refractivity contribution >= 4 is 16.9 Å². The molecule has 23 heavy (non-hydrogen) atoms. The van der Waals surface area contributed by atoms with Gasteiger partial charge in [0, 0.05) is 12.3 Å². The number of nitrogens with zero attached hydrogens (tertiary/aromatic N) is 2. The van der Waals surface area contributed by atoms with Gasteiger partial charge in [0.25, 0.3) is 0 Å². The molecule has 4 nitrogen and oxygen atoms in total. The monoisotopic (exact) mass is 330 g/mol. The number of thioether (sulfide) groups is 1. The van der Waals surface area contributed by atoms with Crippen molar-refractivity contribution in [3.63, 3.8) is 0 Å². The highest BCUT2D eigenvalue weighted by molar-refractivity contribution is 8.13. The molecule has 1 aliphatic heterocycles. The van der Waals surface area contributed by atoms with Gasteiger partial charge < -0.3 is 14.1 Å². The molecule has 0 saturated carbocycles. The number of amidine groups is 1. The third-order valence-corrected chi connectivity index (χ3v) is 5.11. The number of aliphatic imine (C=N–C) groups is 1. The summed E-state index contributed by atoms with van der Waals surface area (Å²) in [6.07, 6.45) is 2.88. The van der Waals surface area contributed by atoms with Gasteiger partial charge in [-0.25, -0.2) is 0 Å². The average Bonchev–Trinajstić information content (AvgIpc) is 3.13. The number of benzene rings is 1. The van der Waals surface area contributed by atoms with Gasteiger partial charge in [0.15, 0.2) is 5.17 Å². The minimum atomic E-state index is 0.218. The van der Waals surface area contributed by atoms with E-state index in [-0.39, 0.29) is 6.04 Å². The number of ether oxygens (including phenoxy) is 1. The summed E-state index contributed by atoms with van der Waals surface area (Å²) in [6.45, 7) is 3.85. The molecule has 0 bridgehead atoms. The van der Waals surface area contributed by atoms with E-state index in [2.05, 4.69) is 24.0 Å². The SMILES string of the molecule is COc1ccc(C(C)N(Cc2ccco2)C2=NCCCS2)cc1. The molecule has 1 aromatic carbocycles. The molecular formula is C18H22N2O2S. The van der Waals surface area contributed by atoms with Crippen LogP contribution >= 0.6 is 11.8 Å². The Morgan fingerprint density at radius 1 is 1.30 bits per heavy atom. The summed E-state index contributed by atoms with van der Waals surface area (Å²) in [5, 5.41) is 1.11. The Balaban J connectivity index is 1.84. The van der Waals surface area contributed by atoms with Crippen LogP contribution in [0.5, 0.6) is 5.75 Å². The van der Waals surface area contributed by atoms with Crippen LogP contribution in [0.3, 0.4) is 0 Å². The van der Waals surface area contributed by atoms with Gasteiger partial charge in [-0.3, -0.25) is 4.99 Å². The van der Waals surface area contributed by atoms with Crippen molar-refractivity contribution in [2.75, 3.05) is 19.4 Å². The number of methoxy groups -OCH3 is 1. The van der Waals surface area contributed by atoms with Crippen LogP contribution < -0.4 is 4.74 Å². The van der Waals surface area contributed by atoms with Crippen LogP contribution in [-0.2, 0) is 6.54 Å². The Hall–Kier alpha value is -1.88. The first kappa shape index (κ1) is 16.0. The fraction of sp³-hybridized carbons (Fsp3) is 0.389. The smallest absolute Gasteiger partial charge is 0.160 e. The van der Waals surface area contributed by atoms with Crippen molar-refractivity contribution in [2.45, 2.75) is 25.9 Å². The normalized spacial score (nSPS) is 15.8. The van der Waals surface area contributed by atoms with Gasteiger partial charge in [-0.05, 0) is 43.2 Å². The third kappa shape index (κ3) is 3.91. The molecule has 2 heterocycles. The van der Waals surface area contributed by atoms with Crippen molar-refractivity contribution in [3.8, 4) is 5.75 Å². The van der Waals surface area contributed by atoms with Crippen LogP contribution in [-0.4, -0.2) is 29.5 Å². The van der Waals surface area contributed by atoms with E-state index in [0.29, 0.717) is 0 Å². The number of rotatable bonds is 5. The molecule has 5 heteroatoms. The third-order valence-electron chi connectivity index (χ3n) is 4.00. The van der Waals surface area contributed by atoms with Crippen molar-refractivity contribution < 1.29 is 9.15 Å². The predicted molar refractivity (Wildman–Crippen MR) is 95.0 cm³/mol. The maximum atomic E-state index is 5.55. The topological polar surface area (TPSA) is 38.0 Å². The van der Waals surface area contributed by atoms with E-state index in [9.17, 15) is 0 Å². The van der Waals surface area contributed by atoms with Crippen molar-refractivity contribution in [1.29, 1.82) is 0 Å². The van der Waals surface area contributed by atoms with Crippen LogP contribution in [0, 0.1) is 0 Å². The Kier molecular flexibility index (Phi) is 5.28. The van der Waals surface area contributed by atoms with Gasteiger partial charge in [0.1, 0.15) is 11.5 Å². The first-order valence-corrected chi connectivity index (χ1v) is 8.86. The zero-order valence-corrected chi connectivity index (χ0v) is 14.4. The molecule has 0 N–H and O–H groups in total. The molecule has 0 aliphatic carbocycles. The van der Waals surface area contributed by atoms with Gasteiger partial charge in [-0.1, -0.05) is 23.9 Å².